The summed E-state index contributed by atoms with van der Waals surface area (Å²) < 4.78 is 2.15. The van der Waals surface area contributed by atoms with Gasteiger partial charge in [0.05, 0.1) is 0 Å². The summed E-state index contributed by atoms with van der Waals surface area (Å²) in [5.41, 5.74) is 3.51. The van der Waals surface area contributed by atoms with Crippen molar-refractivity contribution in [3.63, 3.8) is 0 Å². The zero-order chi connectivity index (χ0) is 13.8. The number of rotatable bonds is 4. The molecular weight excluding hydrogens is 267 g/mol. The number of hydrogen-bond donors (Lipinski definition) is 2. The number of anilines is 1. The molecule has 0 aliphatic rings. The molecule has 2 rings (SSSR count). The largest absolute Gasteiger partial charge is 0.580 e. The van der Waals surface area contributed by atoms with Gasteiger partial charge in [0.25, 0.3) is 16.5 Å². The van der Waals surface area contributed by atoms with E-state index in [9.17, 15) is 10.0 Å². The molecule has 0 aliphatic heterocycles. The van der Waals surface area contributed by atoms with E-state index in [1.54, 1.807) is 12.1 Å². The molecule has 0 bridgehead atoms. The average Bonchev–Trinajstić information content (AvgIpc) is 2.46. The van der Waals surface area contributed by atoms with Crippen molar-refractivity contribution in [3.8, 4) is 11.1 Å². The van der Waals surface area contributed by atoms with Crippen LogP contribution in [0.4, 0.5) is 5.69 Å². The van der Waals surface area contributed by atoms with Crippen LogP contribution in [0.3, 0.4) is 0 Å². The summed E-state index contributed by atoms with van der Waals surface area (Å²) in [4.78, 5) is 0. The van der Waals surface area contributed by atoms with E-state index in [0.717, 1.165) is 16.8 Å². The van der Waals surface area contributed by atoms with Gasteiger partial charge in [0.15, 0.2) is 0 Å². The molecule has 0 aromatic heterocycles. The van der Waals surface area contributed by atoms with E-state index in [4.69, 9.17) is 0 Å². The van der Waals surface area contributed by atoms with E-state index in [-0.39, 0.29) is 15.4 Å². The summed E-state index contributed by atoms with van der Waals surface area (Å²) in [6, 6.07) is 15.4. The summed E-state index contributed by atoms with van der Waals surface area (Å²) in [5, 5.41) is 18.8. The molecule has 0 unspecified atom stereocenters. The highest BCUT2D eigenvalue weighted by molar-refractivity contribution is 6.60. The smallest absolute Gasteiger partial charge is 0.489 e. The minimum absolute atomic E-state index is 0.221. The molecule has 0 saturated carbocycles. The summed E-state index contributed by atoms with van der Waals surface area (Å²) in [6.45, 7) is 0. The van der Waals surface area contributed by atoms with Crippen molar-refractivity contribution in [2.24, 2.45) is 0 Å². The van der Waals surface area contributed by atoms with Gasteiger partial charge in [-0.15, -0.1) is 0 Å². The Morgan fingerprint density at radius 3 is 2.26 bits per heavy atom. The fraction of sp³-hybridized carbons (Fsp3) is 0.0769. The molecular formula is C13H13Al2BNO2. The first kappa shape index (κ1) is 14.7. The monoisotopic (exact) mass is 280 g/mol. The Morgan fingerprint density at radius 1 is 1.05 bits per heavy atom. The van der Waals surface area contributed by atoms with Crippen LogP contribution in [0, 0.1) is 0 Å². The summed E-state index contributed by atoms with van der Waals surface area (Å²) in [5.74, 6) is 2.17. The average molecular weight is 280 g/mol. The molecule has 2 aromatic carbocycles. The van der Waals surface area contributed by atoms with Gasteiger partial charge in [0.1, 0.15) is 0 Å². The molecule has 0 atom stereocenters. The van der Waals surface area contributed by atoms with Gasteiger partial charge in [-0.2, -0.15) is 0 Å². The molecule has 19 heavy (non-hydrogen) atoms. The summed E-state index contributed by atoms with van der Waals surface area (Å²) in [7, 11) is -1.45. The third-order valence-electron chi connectivity index (χ3n) is 2.99. The first-order valence-electron chi connectivity index (χ1n) is 6.02. The van der Waals surface area contributed by atoms with E-state index in [1.807, 2.05) is 36.4 Å². The van der Waals surface area contributed by atoms with E-state index >= 15 is 0 Å². The van der Waals surface area contributed by atoms with Crippen LogP contribution in [-0.4, -0.2) is 49.1 Å². The fourth-order valence-corrected chi connectivity index (χ4v) is 2.59. The lowest BCUT2D eigenvalue weighted by Gasteiger charge is -2.20. The Morgan fingerprint density at radius 2 is 1.68 bits per heavy atom. The standard InChI is InChI=1S/C12H10BNO2.CH3.2Al/c14-10-7-5-9(6-8-10)11-3-1-2-4-12(11)13(15)16;;;/h1-8,15-16H;1H3;;. The molecule has 2 aromatic rings. The van der Waals surface area contributed by atoms with Crippen LogP contribution in [0.2, 0.25) is 5.79 Å². The second-order valence-electron chi connectivity index (χ2n) is 4.17. The molecule has 0 saturated heterocycles. The van der Waals surface area contributed by atoms with E-state index < -0.39 is 7.12 Å². The van der Waals surface area contributed by atoms with Crippen LogP contribution in [0.5, 0.6) is 0 Å². The van der Waals surface area contributed by atoms with Crippen molar-refractivity contribution in [2.45, 2.75) is 5.79 Å². The molecule has 3 radical (unpaired) electrons. The van der Waals surface area contributed by atoms with Gasteiger partial charge >= 0.3 is 22.6 Å². The summed E-state index contributed by atoms with van der Waals surface area (Å²) in [6.07, 6.45) is 0. The number of hydrogen-bond acceptors (Lipinski definition) is 3. The summed E-state index contributed by atoms with van der Waals surface area (Å²) >= 11 is 2.93. The normalized spacial score (nSPS) is 10.1. The lowest BCUT2D eigenvalue weighted by atomic mass is 9.75. The molecule has 2 N–H and O–H groups in total. The highest BCUT2D eigenvalue weighted by Gasteiger charge is 2.16. The fourth-order valence-electron chi connectivity index (χ4n) is 1.95. The van der Waals surface area contributed by atoms with Crippen LogP contribution in [0.15, 0.2) is 48.5 Å². The third kappa shape index (κ3) is 3.44. The van der Waals surface area contributed by atoms with Crippen LogP contribution in [0.1, 0.15) is 0 Å². The first-order valence-corrected chi connectivity index (χ1v) is 8.21. The minimum Gasteiger partial charge on any atom is -0.580 e. The SMILES string of the molecule is [CH3][Al][N]([Al])c1ccc(-c2ccccc2B(O)O)cc1. The second-order valence-corrected chi connectivity index (χ2v) is 6.40. The Hall–Kier alpha value is -0.710. The van der Waals surface area contributed by atoms with Crippen molar-refractivity contribution >= 4 is 50.2 Å². The van der Waals surface area contributed by atoms with E-state index in [1.165, 1.54) is 0 Å². The Balaban J connectivity index is 2.37. The van der Waals surface area contributed by atoms with Crippen molar-refractivity contribution < 1.29 is 10.0 Å². The molecule has 0 heterocycles. The lowest BCUT2D eigenvalue weighted by Crippen LogP contribution is -2.31. The maximum atomic E-state index is 9.39. The third-order valence-corrected chi connectivity index (χ3v) is 5.04. The molecule has 0 spiro atoms. The minimum atomic E-state index is -1.45. The zero-order valence-electron chi connectivity index (χ0n) is 10.7. The molecule has 91 valence electrons. The van der Waals surface area contributed by atoms with Crippen molar-refractivity contribution in [2.75, 3.05) is 2.87 Å². The van der Waals surface area contributed by atoms with Gasteiger partial charge in [-0.05, 0) is 34.4 Å². The first-order chi connectivity index (χ1) is 9.13. The van der Waals surface area contributed by atoms with Gasteiger partial charge in [-0.1, -0.05) is 42.2 Å². The van der Waals surface area contributed by atoms with Crippen LogP contribution >= 0.6 is 0 Å². The van der Waals surface area contributed by atoms with Crippen molar-refractivity contribution in [1.29, 1.82) is 0 Å². The number of benzene rings is 2. The van der Waals surface area contributed by atoms with Crippen molar-refractivity contribution in [3.05, 3.63) is 48.5 Å². The second kappa shape index (κ2) is 6.64. The topological polar surface area (TPSA) is 43.7 Å². The Bertz CT molecular complexity index is 549. The van der Waals surface area contributed by atoms with Gasteiger partial charge in [0, 0.05) is 0 Å². The number of nitrogens with zero attached hydrogens (tertiary/aromatic N) is 1. The van der Waals surface area contributed by atoms with E-state index in [0.29, 0.717) is 5.46 Å². The Labute approximate surface area is 128 Å². The van der Waals surface area contributed by atoms with Crippen molar-refractivity contribution in [1.82, 2.24) is 0 Å². The van der Waals surface area contributed by atoms with Crippen LogP contribution < -0.4 is 8.33 Å². The van der Waals surface area contributed by atoms with Crippen LogP contribution in [-0.2, 0) is 0 Å². The highest BCUT2D eigenvalue weighted by Crippen LogP contribution is 2.21. The predicted octanol–water partition coefficient (Wildman–Crippen LogP) is 0.591. The van der Waals surface area contributed by atoms with Gasteiger partial charge < -0.3 is 12.9 Å². The molecule has 0 fully saturated rings. The Kier molecular flexibility index (Phi) is 5.13. The highest BCUT2D eigenvalue weighted by atomic mass is 27.2. The quantitative estimate of drug-likeness (QED) is 0.806. The van der Waals surface area contributed by atoms with Crippen LogP contribution in [0.25, 0.3) is 11.1 Å². The predicted molar refractivity (Wildman–Crippen MR) is 81.6 cm³/mol. The van der Waals surface area contributed by atoms with Gasteiger partial charge in [-0.3, -0.25) is 0 Å². The molecule has 6 heteroatoms. The van der Waals surface area contributed by atoms with Gasteiger partial charge in [0.2, 0.25) is 0 Å². The van der Waals surface area contributed by atoms with Gasteiger partial charge in [-0.25, -0.2) is 0 Å². The molecule has 0 amide bonds. The molecule has 0 aliphatic carbocycles. The maximum absolute atomic E-state index is 9.39. The zero-order valence-corrected chi connectivity index (χ0v) is 13.0. The lowest BCUT2D eigenvalue weighted by molar-refractivity contribution is 0.426. The molecule has 3 nitrogen and oxygen atoms in total. The maximum Gasteiger partial charge on any atom is 0.489 e. The van der Waals surface area contributed by atoms with E-state index in [2.05, 4.69) is 25.2 Å².